The Labute approximate surface area is 319 Å². The predicted octanol–water partition coefficient (Wildman–Crippen LogP) is 13.5. The average molecular weight is 719 g/mol. The molecule has 5 heteroatoms. The van der Waals surface area contributed by atoms with Crippen LogP contribution >= 0.6 is 11.3 Å². The van der Waals surface area contributed by atoms with Crippen LogP contribution in [0.4, 0.5) is 0 Å². The zero-order valence-corrected chi connectivity index (χ0v) is 30.3. The molecule has 0 radical (unpaired) electrons. The third-order valence-electron chi connectivity index (χ3n) is 11.2. The minimum absolute atomic E-state index is 0.928. The second-order valence-electron chi connectivity index (χ2n) is 14.2. The molecule has 0 saturated carbocycles. The first-order valence-corrected chi connectivity index (χ1v) is 19.4. The number of thiophene rings is 1. The third kappa shape index (κ3) is 4.64. The molecule has 256 valence electrons. The fourth-order valence-corrected chi connectivity index (χ4v) is 9.65. The first kappa shape index (κ1) is 30.4. The van der Waals surface area contributed by atoms with Crippen LogP contribution in [0.15, 0.2) is 182 Å². The lowest BCUT2D eigenvalue weighted by Gasteiger charge is -2.11. The highest BCUT2D eigenvalue weighted by atomic mass is 32.1. The molecule has 0 N–H and O–H groups in total. The van der Waals surface area contributed by atoms with Gasteiger partial charge in [-0.15, -0.1) is 11.3 Å². The maximum absolute atomic E-state index is 5.11. The van der Waals surface area contributed by atoms with E-state index in [1.165, 1.54) is 69.8 Å². The average Bonchev–Trinajstić information content (AvgIpc) is 3.93. The van der Waals surface area contributed by atoms with Crippen LogP contribution in [0.2, 0.25) is 0 Å². The van der Waals surface area contributed by atoms with Crippen molar-refractivity contribution in [3.05, 3.63) is 182 Å². The molecule has 0 aliphatic carbocycles. The lowest BCUT2D eigenvalue weighted by atomic mass is 10.0. The van der Waals surface area contributed by atoms with Gasteiger partial charge in [0.05, 0.1) is 38.8 Å². The molecule has 5 aromatic heterocycles. The largest absolute Gasteiger partial charge is 0.309 e. The second-order valence-corrected chi connectivity index (χ2v) is 15.3. The van der Waals surface area contributed by atoms with Crippen molar-refractivity contribution >= 4 is 86.8 Å². The highest BCUT2D eigenvalue weighted by Gasteiger charge is 2.17. The van der Waals surface area contributed by atoms with Gasteiger partial charge in [0.2, 0.25) is 0 Å². The van der Waals surface area contributed by atoms with Crippen molar-refractivity contribution in [2.75, 3.05) is 0 Å². The Kier molecular flexibility index (Phi) is 6.47. The van der Waals surface area contributed by atoms with Crippen molar-refractivity contribution in [3.8, 4) is 33.1 Å². The molecule has 0 unspecified atom stereocenters. The summed E-state index contributed by atoms with van der Waals surface area (Å²) in [5.74, 6) is 0. The van der Waals surface area contributed by atoms with Crippen molar-refractivity contribution in [3.63, 3.8) is 0 Å². The second kappa shape index (κ2) is 11.7. The summed E-state index contributed by atoms with van der Waals surface area (Å²) >= 11 is 1.84. The summed E-state index contributed by atoms with van der Waals surface area (Å²) in [6, 6.07) is 63.7. The Balaban J connectivity index is 0.987. The molecule has 5 heterocycles. The maximum Gasteiger partial charge on any atom is 0.101 e. The Bertz CT molecular complexity index is 3460. The SMILES string of the molecule is c1ccc2sc(-n3c4ccccc4c4cc(-c5ccc6c7ccccc7n(-c7ccc(-c8ccc9ccc%10cccnc%10c9n8)cc7)c6c5)ccc43)cc2c1. The fourth-order valence-electron chi connectivity index (χ4n) is 8.56. The molecule has 0 saturated heterocycles. The maximum atomic E-state index is 5.11. The summed E-state index contributed by atoms with van der Waals surface area (Å²) < 4.78 is 6.13. The molecule has 0 bridgehead atoms. The summed E-state index contributed by atoms with van der Waals surface area (Å²) in [7, 11) is 0. The molecular weight excluding hydrogens is 689 g/mol. The van der Waals surface area contributed by atoms with Gasteiger partial charge in [0.15, 0.2) is 0 Å². The highest BCUT2D eigenvalue weighted by molar-refractivity contribution is 7.21. The number of benzene rings is 7. The normalized spacial score (nSPS) is 12.0. The Morgan fingerprint density at radius 2 is 1.04 bits per heavy atom. The van der Waals surface area contributed by atoms with Crippen LogP contribution in [0.25, 0.3) is 109 Å². The van der Waals surface area contributed by atoms with Gasteiger partial charge < -0.3 is 9.13 Å². The van der Waals surface area contributed by atoms with Crippen LogP contribution in [-0.2, 0) is 0 Å². The summed E-state index contributed by atoms with van der Waals surface area (Å²) in [5.41, 5.74) is 12.2. The van der Waals surface area contributed by atoms with Crippen LogP contribution in [-0.4, -0.2) is 19.1 Å². The van der Waals surface area contributed by atoms with Crippen LogP contribution in [0, 0.1) is 0 Å². The number of rotatable bonds is 4. The van der Waals surface area contributed by atoms with Crippen LogP contribution in [0.1, 0.15) is 0 Å². The number of hydrogen-bond donors (Lipinski definition) is 0. The summed E-state index contributed by atoms with van der Waals surface area (Å²) in [5, 5.41) is 9.70. The van der Waals surface area contributed by atoms with E-state index in [1.54, 1.807) is 0 Å². The van der Waals surface area contributed by atoms with Gasteiger partial charge in [0.1, 0.15) is 5.00 Å². The lowest BCUT2D eigenvalue weighted by Crippen LogP contribution is -1.94. The van der Waals surface area contributed by atoms with Gasteiger partial charge in [-0.05, 0) is 83.2 Å². The minimum Gasteiger partial charge on any atom is -0.309 e. The summed E-state index contributed by atoms with van der Waals surface area (Å²) in [6.07, 6.45) is 1.84. The van der Waals surface area contributed by atoms with E-state index in [0.717, 1.165) is 38.8 Å². The summed E-state index contributed by atoms with van der Waals surface area (Å²) in [4.78, 5) is 9.77. The molecule has 0 fully saturated rings. The fraction of sp³-hybridized carbons (Fsp3) is 0. The highest BCUT2D eigenvalue weighted by Crippen LogP contribution is 2.40. The van der Waals surface area contributed by atoms with Crippen LogP contribution in [0.5, 0.6) is 0 Å². The quantitative estimate of drug-likeness (QED) is 0.170. The first-order valence-electron chi connectivity index (χ1n) is 18.6. The standard InChI is InChI=1S/C50H30N4S/c1-6-14-47-36(8-1)30-48(55-47)54-44-13-5-3-11-39(44)41-28-34(21-26-45(41)54)35-19-24-40-38-10-2-4-12-43(38)53(46(40)29-35)37-22-17-31(18-23-37)42-25-20-33-16-15-32-9-7-27-51-49(32)50(33)52-42/h1-30H. The Hall–Kier alpha value is -7.08. The number of nitrogens with zero attached hydrogens (tertiary/aromatic N) is 4. The van der Waals surface area contributed by atoms with Gasteiger partial charge in [0.25, 0.3) is 0 Å². The van der Waals surface area contributed by atoms with Crippen molar-refractivity contribution in [2.45, 2.75) is 0 Å². The number of aromatic nitrogens is 4. The lowest BCUT2D eigenvalue weighted by molar-refractivity contribution is 1.18. The van der Waals surface area contributed by atoms with Crippen LogP contribution in [0.3, 0.4) is 0 Å². The van der Waals surface area contributed by atoms with E-state index < -0.39 is 0 Å². The Morgan fingerprint density at radius 1 is 0.400 bits per heavy atom. The minimum atomic E-state index is 0.928. The van der Waals surface area contributed by atoms with E-state index in [4.69, 9.17) is 4.98 Å². The van der Waals surface area contributed by atoms with E-state index in [-0.39, 0.29) is 0 Å². The third-order valence-corrected chi connectivity index (χ3v) is 12.3. The monoisotopic (exact) mass is 718 g/mol. The molecule has 0 aliphatic heterocycles. The van der Waals surface area contributed by atoms with Gasteiger partial charge in [-0.3, -0.25) is 4.98 Å². The molecule has 4 nitrogen and oxygen atoms in total. The molecule has 55 heavy (non-hydrogen) atoms. The molecular formula is C50H30N4S. The molecule has 0 spiro atoms. The molecule has 0 aliphatic rings. The number of pyridine rings is 2. The summed E-state index contributed by atoms with van der Waals surface area (Å²) in [6.45, 7) is 0. The van der Waals surface area contributed by atoms with E-state index in [2.05, 4.69) is 184 Å². The molecule has 12 rings (SSSR count). The molecule has 0 amide bonds. The molecule has 7 aromatic carbocycles. The Morgan fingerprint density at radius 3 is 1.89 bits per heavy atom. The van der Waals surface area contributed by atoms with E-state index in [1.807, 2.05) is 23.6 Å². The van der Waals surface area contributed by atoms with E-state index in [0.29, 0.717) is 0 Å². The molecule has 12 aromatic rings. The molecule has 0 atom stereocenters. The topological polar surface area (TPSA) is 35.6 Å². The van der Waals surface area contributed by atoms with E-state index in [9.17, 15) is 0 Å². The van der Waals surface area contributed by atoms with Crippen molar-refractivity contribution in [1.82, 2.24) is 19.1 Å². The number of fused-ring (bicyclic) bond motifs is 10. The van der Waals surface area contributed by atoms with E-state index >= 15 is 0 Å². The van der Waals surface area contributed by atoms with Gasteiger partial charge in [-0.25, -0.2) is 4.98 Å². The van der Waals surface area contributed by atoms with Gasteiger partial charge in [0, 0.05) is 54.5 Å². The first-order chi connectivity index (χ1) is 27.2. The smallest absolute Gasteiger partial charge is 0.101 e. The zero-order chi connectivity index (χ0) is 36.0. The van der Waals surface area contributed by atoms with Crippen molar-refractivity contribution in [1.29, 1.82) is 0 Å². The van der Waals surface area contributed by atoms with Crippen molar-refractivity contribution < 1.29 is 0 Å². The number of hydrogen-bond acceptors (Lipinski definition) is 3. The van der Waals surface area contributed by atoms with Gasteiger partial charge >= 0.3 is 0 Å². The van der Waals surface area contributed by atoms with Gasteiger partial charge in [-0.2, -0.15) is 0 Å². The van der Waals surface area contributed by atoms with Crippen LogP contribution < -0.4 is 0 Å². The van der Waals surface area contributed by atoms with Gasteiger partial charge in [-0.1, -0.05) is 109 Å². The van der Waals surface area contributed by atoms with Crippen molar-refractivity contribution in [2.24, 2.45) is 0 Å². The predicted molar refractivity (Wildman–Crippen MR) is 232 cm³/mol. The zero-order valence-electron chi connectivity index (χ0n) is 29.5. The number of para-hydroxylation sites is 2.